The number of halogens is 1. The molecule has 1 atom stereocenters. The lowest BCUT2D eigenvalue weighted by Crippen LogP contribution is -2.36. The van der Waals surface area contributed by atoms with E-state index in [2.05, 4.69) is 26.6 Å². The maximum absolute atomic E-state index is 11.7. The molecule has 1 heterocycles. The van der Waals surface area contributed by atoms with Crippen molar-refractivity contribution in [2.45, 2.75) is 6.04 Å². The lowest BCUT2D eigenvalue weighted by molar-refractivity contribution is -0.120. The summed E-state index contributed by atoms with van der Waals surface area (Å²) >= 11 is 3.49. The molecule has 4 heteroatoms. The van der Waals surface area contributed by atoms with E-state index < -0.39 is 0 Å². The van der Waals surface area contributed by atoms with Crippen LogP contribution in [0, 0.1) is 0 Å². The fraction of sp³-hybridized carbons (Fsp3) is 0.133. The fourth-order valence-corrected chi connectivity index (χ4v) is 2.70. The van der Waals surface area contributed by atoms with E-state index in [0.717, 1.165) is 21.3 Å². The van der Waals surface area contributed by atoms with Gasteiger partial charge in [-0.3, -0.25) is 4.79 Å². The molecule has 1 aliphatic carbocycles. The smallest absolute Gasteiger partial charge is 0.240 e. The van der Waals surface area contributed by atoms with E-state index in [1.165, 1.54) is 0 Å². The second-order valence-corrected chi connectivity index (χ2v) is 5.40. The summed E-state index contributed by atoms with van der Waals surface area (Å²) in [5.74, 6) is 0.00417. The summed E-state index contributed by atoms with van der Waals surface area (Å²) in [6.07, 6.45) is 6.00. The first kappa shape index (κ1) is 12.2. The number of rotatable bonds is 1. The number of carbonyl (C=O) groups excluding carboxylic acids is 1. The third-order valence-electron chi connectivity index (χ3n) is 3.17. The van der Waals surface area contributed by atoms with Crippen molar-refractivity contribution in [2.24, 2.45) is 0 Å². The van der Waals surface area contributed by atoms with Crippen LogP contribution in [0.15, 0.2) is 58.6 Å². The monoisotopic (exact) mass is 316 g/mol. The van der Waals surface area contributed by atoms with Gasteiger partial charge in [0.15, 0.2) is 0 Å². The van der Waals surface area contributed by atoms with E-state index in [9.17, 15) is 4.79 Å². The standard InChI is InChI=1S/C15H13BrN2O/c16-11-6-7-13-12(8-11)15(17-9-14(19)18-13)10-4-2-1-3-5-10/h1-8,13,17H,9H2,(H,18,19). The highest BCUT2D eigenvalue weighted by atomic mass is 79.9. The summed E-state index contributed by atoms with van der Waals surface area (Å²) in [4.78, 5) is 11.7. The molecule has 0 fully saturated rings. The van der Waals surface area contributed by atoms with Gasteiger partial charge >= 0.3 is 0 Å². The summed E-state index contributed by atoms with van der Waals surface area (Å²) in [5, 5.41) is 6.23. The molecule has 2 N–H and O–H groups in total. The average molecular weight is 317 g/mol. The third-order valence-corrected chi connectivity index (χ3v) is 3.66. The molecule has 1 aromatic rings. The van der Waals surface area contributed by atoms with Crippen molar-refractivity contribution in [1.82, 2.24) is 10.6 Å². The number of fused-ring (bicyclic) bond motifs is 1. The number of amides is 1. The van der Waals surface area contributed by atoms with Gasteiger partial charge in [0.25, 0.3) is 0 Å². The van der Waals surface area contributed by atoms with E-state index in [4.69, 9.17) is 0 Å². The van der Waals surface area contributed by atoms with E-state index in [-0.39, 0.29) is 11.9 Å². The van der Waals surface area contributed by atoms with E-state index in [0.29, 0.717) is 6.54 Å². The van der Waals surface area contributed by atoms with Crippen molar-refractivity contribution in [3.63, 3.8) is 0 Å². The van der Waals surface area contributed by atoms with Gasteiger partial charge in [0.2, 0.25) is 5.91 Å². The Morgan fingerprint density at radius 2 is 2.00 bits per heavy atom. The van der Waals surface area contributed by atoms with Gasteiger partial charge in [-0.1, -0.05) is 52.3 Å². The van der Waals surface area contributed by atoms with Gasteiger partial charge in [-0.2, -0.15) is 0 Å². The third kappa shape index (κ3) is 2.49. The van der Waals surface area contributed by atoms with Crippen LogP contribution in [-0.2, 0) is 4.79 Å². The molecule has 1 unspecified atom stereocenters. The summed E-state index contributed by atoms with van der Waals surface area (Å²) in [6.45, 7) is 0.295. The molecule has 19 heavy (non-hydrogen) atoms. The Balaban J connectivity index is 2.12. The molecular formula is C15H13BrN2O. The van der Waals surface area contributed by atoms with Crippen LogP contribution in [0.5, 0.6) is 0 Å². The first-order valence-corrected chi connectivity index (χ1v) is 6.91. The Morgan fingerprint density at radius 1 is 1.21 bits per heavy atom. The largest absolute Gasteiger partial charge is 0.375 e. The zero-order valence-corrected chi connectivity index (χ0v) is 11.8. The lowest BCUT2D eigenvalue weighted by Gasteiger charge is -2.20. The van der Waals surface area contributed by atoms with Crippen LogP contribution < -0.4 is 10.6 Å². The molecule has 1 amide bonds. The molecule has 1 aliphatic heterocycles. The Hall–Kier alpha value is -1.81. The van der Waals surface area contributed by atoms with Crippen molar-refractivity contribution in [3.05, 3.63) is 64.2 Å². The fourth-order valence-electron chi connectivity index (χ4n) is 2.30. The Bertz CT molecular complexity index is 602. The van der Waals surface area contributed by atoms with Crippen molar-refractivity contribution in [1.29, 1.82) is 0 Å². The van der Waals surface area contributed by atoms with Gasteiger partial charge in [0.05, 0.1) is 12.6 Å². The zero-order valence-electron chi connectivity index (χ0n) is 10.2. The molecule has 96 valence electrons. The van der Waals surface area contributed by atoms with Gasteiger partial charge in [-0.25, -0.2) is 0 Å². The van der Waals surface area contributed by atoms with Crippen LogP contribution in [0.3, 0.4) is 0 Å². The maximum atomic E-state index is 11.7. The first-order chi connectivity index (χ1) is 9.24. The van der Waals surface area contributed by atoms with Crippen LogP contribution in [0.25, 0.3) is 5.70 Å². The van der Waals surface area contributed by atoms with E-state index >= 15 is 0 Å². The van der Waals surface area contributed by atoms with Crippen molar-refractivity contribution in [3.8, 4) is 0 Å². The van der Waals surface area contributed by atoms with Crippen LogP contribution in [0.2, 0.25) is 0 Å². The van der Waals surface area contributed by atoms with Gasteiger partial charge in [0, 0.05) is 15.8 Å². The van der Waals surface area contributed by atoms with Crippen LogP contribution in [-0.4, -0.2) is 18.5 Å². The molecule has 1 aromatic carbocycles. The number of carbonyl (C=O) groups is 1. The maximum Gasteiger partial charge on any atom is 0.240 e. The van der Waals surface area contributed by atoms with Gasteiger partial charge < -0.3 is 10.6 Å². The minimum atomic E-state index is -0.0704. The second kappa shape index (κ2) is 5.05. The Labute approximate surface area is 120 Å². The molecule has 0 saturated carbocycles. The van der Waals surface area contributed by atoms with Crippen molar-refractivity contribution >= 4 is 27.5 Å². The molecule has 3 nitrogen and oxygen atoms in total. The topological polar surface area (TPSA) is 41.1 Å². The summed E-state index contributed by atoms with van der Waals surface area (Å²) in [5.41, 5.74) is 3.17. The number of nitrogens with one attached hydrogen (secondary N) is 2. The minimum absolute atomic E-state index is 0.00417. The average Bonchev–Trinajstić information content (AvgIpc) is 2.58. The molecule has 0 spiro atoms. The number of hydrogen-bond donors (Lipinski definition) is 2. The van der Waals surface area contributed by atoms with Crippen LogP contribution in [0.4, 0.5) is 0 Å². The number of allylic oxidation sites excluding steroid dienone is 2. The highest BCUT2D eigenvalue weighted by Gasteiger charge is 2.24. The second-order valence-electron chi connectivity index (χ2n) is 4.48. The first-order valence-electron chi connectivity index (χ1n) is 6.12. The highest BCUT2D eigenvalue weighted by molar-refractivity contribution is 9.11. The van der Waals surface area contributed by atoms with Crippen molar-refractivity contribution < 1.29 is 4.79 Å². The lowest BCUT2D eigenvalue weighted by atomic mass is 9.97. The number of benzene rings is 1. The van der Waals surface area contributed by atoms with Gasteiger partial charge in [0.1, 0.15) is 0 Å². The molecule has 0 aromatic heterocycles. The zero-order chi connectivity index (χ0) is 13.2. The van der Waals surface area contributed by atoms with E-state index in [1.807, 2.05) is 48.6 Å². The molecule has 0 saturated heterocycles. The summed E-state index contributed by atoms with van der Waals surface area (Å²) in [6, 6.07) is 10.00. The SMILES string of the molecule is O=C1CNC(c2ccccc2)=C2C=C(Br)C=CC2N1. The number of hydrogen-bond acceptors (Lipinski definition) is 2. The van der Waals surface area contributed by atoms with Gasteiger partial charge in [-0.15, -0.1) is 0 Å². The van der Waals surface area contributed by atoms with E-state index in [1.54, 1.807) is 0 Å². The molecule has 0 bridgehead atoms. The Morgan fingerprint density at radius 3 is 2.79 bits per heavy atom. The normalized spacial score (nSPS) is 22.1. The summed E-state index contributed by atoms with van der Waals surface area (Å²) < 4.78 is 1.00. The van der Waals surface area contributed by atoms with Crippen molar-refractivity contribution in [2.75, 3.05) is 6.54 Å². The molecule has 3 rings (SSSR count). The predicted octanol–water partition coefficient (Wildman–Crippen LogP) is 2.33. The molecule has 0 radical (unpaired) electrons. The van der Waals surface area contributed by atoms with Gasteiger partial charge in [-0.05, 0) is 17.7 Å². The molecule has 2 aliphatic rings. The van der Waals surface area contributed by atoms with Crippen LogP contribution >= 0.6 is 15.9 Å². The summed E-state index contributed by atoms with van der Waals surface area (Å²) in [7, 11) is 0. The molecular weight excluding hydrogens is 304 g/mol. The predicted molar refractivity (Wildman–Crippen MR) is 79.4 cm³/mol. The van der Waals surface area contributed by atoms with Crippen LogP contribution in [0.1, 0.15) is 5.56 Å². The highest BCUT2D eigenvalue weighted by Crippen LogP contribution is 2.27. The minimum Gasteiger partial charge on any atom is -0.375 e. The quantitative estimate of drug-likeness (QED) is 0.835. The Kier molecular flexibility index (Phi) is 3.25.